The van der Waals surface area contributed by atoms with E-state index in [0.717, 1.165) is 22.7 Å². The molecule has 1 aliphatic heterocycles. The van der Waals surface area contributed by atoms with Crippen molar-refractivity contribution in [2.75, 3.05) is 7.11 Å². The molecule has 1 saturated heterocycles. The fourth-order valence-electron chi connectivity index (χ4n) is 3.22. The van der Waals surface area contributed by atoms with Crippen LogP contribution < -0.4 is 8.92 Å². The van der Waals surface area contributed by atoms with Crippen molar-refractivity contribution in [2.45, 2.75) is 11.4 Å². The number of amides is 2. The van der Waals surface area contributed by atoms with E-state index in [1.807, 2.05) is 0 Å². The number of methoxy groups -OCH3 is 1. The molecule has 0 atom stereocenters. The van der Waals surface area contributed by atoms with Crippen LogP contribution in [0.15, 0.2) is 70.5 Å². The predicted octanol–water partition coefficient (Wildman–Crippen LogP) is 6.15. The normalized spacial score (nSPS) is 15.0. The third kappa shape index (κ3) is 5.67. The van der Waals surface area contributed by atoms with Gasteiger partial charge in [-0.1, -0.05) is 35.3 Å². The molecular weight excluding hydrogens is 552 g/mol. The molecule has 3 aromatic carbocycles. The number of halogens is 3. The molecule has 4 rings (SSSR count). The standard InChI is InChI=1S/C24H16Cl2FNO6S2/c1-33-21-10-14(2-9-20(21)34-36(31,32)18-7-4-16(25)5-8-18)11-22-23(29)28(24(30)35-22)13-15-3-6-17(27)12-19(15)26/h2-12H,13H2,1H3/b22-11-. The highest BCUT2D eigenvalue weighted by Gasteiger charge is 2.35. The Balaban J connectivity index is 1.55. The van der Waals surface area contributed by atoms with E-state index in [9.17, 15) is 22.4 Å². The van der Waals surface area contributed by atoms with Gasteiger partial charge < -0.3 is 8.92 Å². The average Bonchev–Trinajstić information content (AvgIpc) is 3.09. The number of thioether (sulfide) groups is 1. The maximum atomic E-state index is 13.3. The SMILES string of the molecule is COc1cc(/C=C2\SC(=O)N(Cc3ccc(F)cc3Cl)C2=O)ccc1OS(=O)(=O)c1ccc(Cl)cc1. The lowest BCUT2D eigenvalue weighted by molar-refractivity contribution is -0.123. The van der Waals surface area contributed by atoms with Gasteiger partial charge in [0, 0.05) is 10.0 Å². The number of benzene rings is 3. The summed E-state index contributed by atoms with van der Waals surface area (Å²) in [5, 5.41) is -0.0272. The van der Waals surface area contributed by atoms with E-state index in [0.29, 0.717) is 16.1 Å². The Morgan fingerprint density at radius 2 is 1.72 bits per heavy atom. The molecule has 3 aromatic rings. The number of hydrogen-bond donors (Lipinski definition) is 0. The van der Waals surface area contributed by atoms with E-state index in [1.165, 1.54) is 67.8 Å². The van der Waals surface area contributed by atoms with Crippen molar-refractivity contribution >= 4 is 62.3 Å². The quantitative estimate of drug-likeness (QED) is 0.250. The third-order valence-electron chi connectivity index (χ3n) is 5.00. The number of nitrogens with zero attached hydrogens (tertiary/aromatic N) is 1. The molecule has 0 bridgehead atoms. The largest absolute Gasteiger partial charge is 0.493 e. The summed E-state index contributed by atoms with van der Waals surface area (Å²) in [4.78, 5) is 26.3. The first-order chi connectivity index (χ1) is 17.1. The molecule has 0 radical (unpaired) electrons. The van der Waals surface area contributed by atoms with Crippen LogP contribution in [0.3, 0.4) is 0 Å². The molecule has 1 heterocycles. The van der Waals surface area contributed by atoms with Crippen LogP contribution in [-0.4, -0.2) is 31.6 Å². The summed E-state index contributed by atoms with van der Waals surface area (Å²) in [7, 11) is -2.82. The summed E-state index contributed by atoms with van der Waals surface area (Å²) in [5.41, 5.74) is 0.889. The summed E-state index contributed by atoms with van der Waals surface area (Å²) < 4.78 is 49.0. The van der Waals surface area contributed by atoms with Crippen LogP contribution >= 0.6 is 35.0 Å². The number of imide groups is 1. The molecule has 0 aromatic heterocycles. The Labute approximate surface area is 220 Å². The topological polar surface area (TPSA) is 90.0 Å². The number of hydrogen-bond acceptors (Lipinski definition) is 7. The zero-order valence-corrected chi connectivity index (χ0v) is 21.5. The van der Waals surface area contributed by atoms with Crippen LogP contribution in [0.1, 0.15) is 11.1 Å². The molecule has 0 aliphatic carbocycles. The Morgan fingerprint density at radius 1 is 1.00 bits per heavy atom. The number of rotatable bonds is 7. The molecule has 186 valence electrons. The van der Waals surface area contributed by atoms with Crippen LogP contribution in [-0.2, 0) is 21.5 Å². The molecule has 36 heavy (non-hydrogen) atoms. The van der Waals surface area contributed by atoms with Crippen LogP contribution in [0.4, 0.5) is 9.18 Å². The first-order valence-electron chi connectivity index (χ1n) is 10.1. The summed E-state index contributed by atoms with van der Waals surface area (Å²) in [6.45, 7) is -0.111. The third-order valence-corrected chi connectivity index (χ3v) is 7.76. The number of carbonyl (C=O) groups excluding carboxylic acids is 2. The molecular formula is C24H16Cl2FNO6S2. The van der Waals surface area contributed by atoms with Crippen molar-refractivity contribution in [3.8, 4) is 11.5 Å². The second kappa shape index (κ2) is 10.5. The van der Waals surface area contributed by atoms with Gasteiger partial charge in [-0.2, -0.15) is 8.42 Å². The maximum absolute atomic E-state index is 13.3. The molecule has 0 N–H and O–H groups in total. The lowest BCUT2D eigenvalue weighted by atomic mass is 10.1. The van der Waals surface area contributed by atoms with Crippen molar-refractivity contribution in [3.05, 3.63) is 92.6 Å². The molecule has 0 unspecified atom stereocenters. The second-order valence-electron chi connectivity index (χ2n) is 7.41. The van der Waals surface area contributed by atoms with Gasteiger partial charge in [-0.05, 0) is 77.5 Å². The van der Waals surface area contributed by atoms with Crippen LogP contribution in [0, 0.1) is 5.82 Å². The van der Waals surface area contributed by atoms with E-state index in [2.05, 4.69) is 0 Å². The summed E-state index contributed by atoms with van der Waals surface area (Å²) >= 11 is 12.6. The zero-order chi connectivity index (χ0) is 26.0. The monoisotopic (exact) mass is 567 g/mol. The highest BCUT2D eigenvalue weighted by Crippen LogP contribution is 2.36. The predicted molar refractivity (Wildman–Crippen MR) is 135 cm³/mol. The Kier molecular flexibility index (Phi) is 7.60. The minimum Gasteiger partial charge on any atom is -0.493 e. The number of ether oxygens (including phenoxy) is 1. The van der Waals surface area contributed by atoms with Gasteiger partial charge >= 0.3 is 10.1 Å². The number of carbonyl (C=O) groups is 2. The van der Waals surface area contributed by atoms with Gasteiger partial charge in [0.15, 0.2) is 11.5 Å². The highest BCUT2D eigenvalue weighted by atomic mass is 35.5. The fraction of sp³-hybridized carbons (Fsp3) is 0.0833. The summed E-state index contributed by atoms with van der Waals surface area (Å²) in [5.74, 6) is -1.04. The molecule has 7 nitrogen and oxygen atoms in total. The van der Waals surface area contributed by atoms with Gasteiger partial charge in [-0.25, -0.2) is 4.39 Å². The first kappa shape index (κ1) is 26.0. The molecule has 1 fully saturated rings. The Bertz CT molecular complexity index is 1490. The van der Waals surface area contributed by atoms with Gasteiger partial charge in [-0.15, -0.1) is 0 Å². The van der Waals surface area contributed by atoms with Crippen LogP contribution in [0.2, 0.25) is 10.0 Å². The van der Waals surface area contributed by atoms with E-state index in [1.54, 1.807) is 0 Å². The minimum atomic E-state index is -4.16. The van der Waals surface area contributed by atoms with E-state index < -0.39 is 27.1 Å². The first-order valence-corrected chi connectivity index (χ1v) is 13.1. The van der Waals surface area contributed by atoms with Gasteiger partial charge in [0.1, 0.15) is 10.7 Å². The molecule has 1 aliphatic rings. The van der Waals surface area contributed by atoms with Crippen molar-refractivity contribution in [2.24, 2.45) is 0 Å². The maximum Gasteiger partial charge on any atom is 0.339 e. The fourth-order valence-corrected chi connectivity index (χ4v) is 5.35. The van der Waals surface area contributed by atoms with E-state index in [-0.39, 0.29) is 32.9 Å². The molecule has 12 heteroatoms. The minimum absolute atomic E-state index is 0.0661. The van der Waals surface area contributed by atoms with Gasteiger partial charge in [0.05, 0.1) is 18.6 Å². The second-order valence-corrected chi connectivity index (χ2v) is 10.8. The highest BCUT2D eigenvalue weighted by molar-refractivity contribution is 8.18. The van der Waals surface area contributed by atoms with Crippen LogP contribution in [0.5, 0.6) is 11.5 Å². The smallest absolute Gasteiger partial charge is 0.339 e. The lowest BCUT2D eigenvalue weighted by Crippen LogP contribution is -2.27. The summed E-state index contributed by atoms with van der Waals surface area (Å²) in [6, 6.07) is 13.5. The van der Waals surface area contributed by atoms with Crippen molar-refractivity contribution in [1.82, 2.24) is 4.90 Å². The van der Waals surface area contributed by atoms with Gasteiger partial charge in [-0.3, -0.25) is 14.5 Å². The van der Waals surface area contributed by atoms with Gasteiger partial charge in [0.25, 0.3) is 11.1 Å². The van der Waals surface area contributed by atoms with Crippen molar-refractivity contribution < 1.29 is 31.3 Å². The van der Waals surface area contributed by atoms with E-state index in [4.69, 9.17) is 32.1 Å². The molecule has 0 saturated carbocycles. The average molecular weight is 568 g/mol. The van der Waals surface area contributed by atoms with Gasteiger partial charge in [0.2, 0.25) is 0 Å². The Hall–Kier alpha value is -3.05. The molecule has 0 spiro atoms. The van der Waals surface area contributed by atoms with Crippen molar-refractivity contribution in [1.29, 1.82) is 0 Å². The van der Waals surface area contributed by atoms with Crippen molar-refractivity contribution in [3.63, 3.8) is 0 Å². The van der Waals surface area contributed by atoms with E-state index >= 15 is 0 Å². The summed E-state index contributed by atoms with van der Waals surface area (Å²) in [6.07, 6.45) is 1.47. The Morgan fingerprint density at radius 3 is 2.39 bits per heavy atom. The zero-order valence-electron chi connectivity index (χ0n) is 18.4. The molecule has 2 amide bonds. The lowest BCUT2D eigenvalue weighted by Gasteiger charge is -2.13. The van der Waals surface area contributed by atoms with Crippen LogP contribution in [0.25, 0.3) is 6.08 Å².